The largest absolute Gasteiger partial charge is 0.394 e. The van der Waals surface area contributed by atoms with Crippen LogP contribution in [-0.4, -0.2) is 63.3 Å². The van der Waals surface area contributed by atoms with Gasteiger partial charge in [-0.3, -0.25) is 4.79 Å². The van der Waals surface area contributed by atoms with Crippen LogP contribution in [0.25, 0.3) is 0 Å². The molecule has 1 heterocycles. The van der Waals surface area contributed by atoms with Crippen LogP contribution in [0.4, 0.5) is 0 Å². The van der Waals surface area contributed by atoms with Crippen LogP contribution in [0.5, 0.6) is 0 Å². The van der Waals surface area contributed by atoms with Gasteiger partial charge in [0.2, 0.25) is 0 Å². The molecule has 1 aliphatic heterocycles. The Kier molecular flexibility index (Phi) is 9.16. The Morgan fingerprint density at radius 2 is 1.59 bits per heavy atom. The maximum absolute atomic E-state index is 12.9. The summed E-state index contributed by atoms with van der Waals surface area (Å²) in [5, 5.41) is 39.9. The average molecular weight is 387 g/mol. The summed E-state index contributed by atoms with van der Waals surface area (Å²) >= 11 is 0. The third kappa shape index (κ3) is 5.51. The van der Waals surface area contributed by atoms with E-state index in [9.17, 15) is 25.2 Å². The zero-order chi connectivity index (χ0) is 20.0. The van der Waals surface area contributed by atoms with Crippen LogP contribution < -0.4 is 0 Å². The van der Waals surface area contributed by atoms with Gasteiger partial charge < -0.3 is 25.2 Å². The molecular weight excluding hydrogens is 348 g/mol. The molecule has 6 nitrogen and oxygen atoms in total. The lowest BCUT2D eigenvalue weighted by Crippen LogP contribution is -2.61. The summed E-state index contributed by atoms with van der Waals surface area (Å²) in [6.45, 7) is 3.88. The smallest absolute Gasteiger partial charge is 0.138 e. The molecule has 5 unspecified atom stereocenters. The van der Waals surface area contributed by atoms with Gasteiger partial charge in [-0.1, -0.05) is 52.4 Å². The molecule has 0 radical (unpaired) electrons. The highest BCUT2D eigenvalue weighted by molar-refractivity contribution is 5.82. The van der Waals surface area contributed by atoms with E-state index in [0.29, 0.717) is 24.7 Å². The molecule has 6 heteroatoms. The molecule has 2 fully saturated rings. The van der Waals surface area contributed by atoms with Gasteiger partial charge in [0, 0.05) is 12.3 Å². The summed E-state index contributed by atoms with van der Waals surface area (Å²) in [4.78, 5) is 12.9. The molecule has 0 aromatic rings. The topological polar surface area (TPSA) is 107 Å². The van der Waals surface area contributed by atoms with E-state index in [1.165, 1.54) is 6.42 Å². The number of ketones is 1. The van der Waals surface area contributed by atoms with Gasteiger partial charge in [-0.05, 0) is 24.7 Å². The van der Waals surface area contributed by atoms with Gasteiger partial charge in [-0.2, -0.15) is 0 Å². The highest BCUT2D eigenvalue weighted by Crippen LogP contribution is 2.41. The predicted octanol–water partition coefficient (Wildman–Crippen LogP) is 1.81. The standard InChI is InChI=1S/C21H38O6/c1-3-5-7-9-14-11-16(23)15(10-13(14)8-6-4-2)21-20(26)19(25)18(24)17(12-22)27-21/h13-15,17-22,24-26H,3-12H2,1-2H3/t13-,14-,15+,17?,18?,19?,20?,21?/m0/s1. The quantitative estimate of drug-likeness (QED) is 0.450. The van der Waals surface area contributed by atoms with Crippen molar-refractivity contribution in [3.05, 3.63) is 0 Å². The van der Waals surface area contributed by atoms with E-state index < -0.39 is 43.0 Å². The van der Waals surface area contributed by atoms with E-state index >= 15 is 0 Å². The first-order valence-corrected chi connectivity index (χ1v) is 10.8. The van der Waals surface area contributed by atoms with Gasteiger partial charge in [0.05, 0.1) is 12.7 Å². The van der Waals surface area contributed by atoms with Gasteiger partial charge in [-0.15, -0.1) is 0 Å². The lowest BCUT2D eigenvalue weighted by molar-refractivity contribution is -0.242. The van der Waals surface area contributed by atoms with Crippen molar-refractivity contribution in [3.63, 3.8) is 0 Å². The van der Waals surface area contributed by atoms with Crippen molar-refractivity contribution in [3.8, 4) is 0 Å². The zero-order valence-electron chi connectivity index (χ0n) is 16.8. The lowest BCUT2D eigenvalue weighted by atomic mass is 9.67. The van der Waals surface area contributed by atoms with Crippen molar-refractivity contribution in [2.45, 2.75) is 102 Å². The molecule has 2 rings (SSSR count). The van der Waals surface area contributed by atoms with Gasteiger partial charge >= 0.3 is 0 Å². The fourth-order valence-electron chi connectivity index (χ4n) is 4.82. The van der Waals surface area contributed by atoms with Crippen LogP contribution in [0.3, 0.4) is 0 Å². The van der Waals surface area contributed by atoms with Crippen LogP contribution in [0.1, 0.15) is 71.6 Å². The lowest BCUT2D eigenvalue weighted by Gasteiger charge is -2.46. The number of hydrogen-bond donors (Lipinski definition) is 4. The van der Waals surface area contributed by atoms with Crippen LogP contribution in [0.15, 0.2) is 0 Å². The molecule has 1 saturated heterocycles. The second-order valence-electron chi connectivity index (χ2n) is 8.46. The normalized spacial score (nSPS) is 40.3. The van der Waals surface area contributed by atoms with Crippen molar-refractivity contribution in [1.82, 2.24) is 0 Å². The van der Waals surface area contributed by atoms with Crippen LogP contribution in [-0.2, 0) is 9.53 Å². The fraction of sp³-hybridized carbons (Fsp3) is 0.952. The average Bonchev–Trinajstić information content (AvgIpc) is 2.66. The number of Topliss-reactive ketones (excluding diaryl/α,β-unsaturated/α-hetero) is 1. The van der Waals surface area contributed by atoms with E-state index in [1.54, 1.807) is 0 Å². The molecule has 27 heavy (non-hydrogen) atoms. The Labute approximate surface area is 162 Å². The van der Waals surface area contributed by atoms with Gasteiger partial charge in [-0.25, -0.2) is 0 Å². The molecule has 0 amide bonds. The molecule has 2 aliphatic rings. The Balaban J connectivity index is 2.10. The molecule has 0 bridgehead atoms. The predicted molar refractivity (Wildman–Crippen MR) is 102 cm³/mol. The second kappa shape index (κ2) is 10.9. The Morgan fingerprint density at radius 3 is 2.22 bits per heavy atom. The molecule has 8 atom stereocenters. The number of aliphatic hydroxyl groups is 4. The third-order valence-corrected chi connectivity index (χ3v) is 6.53. The summed E-state index contributed by atoms with van der Waals surface area (Å²) in [5.41, 5.74) is 0. The summed E-state index contributed by atoms with van der Waals surface area (Å²) in [6.07, 6.45) is 3.06. The number of carbonyl (C=O) groups is 1. The van der Waals surface area contributed by atoms with E-state index in [0.717, 1.165) is 38.5 Å². The summed E-state index contributed by atoms with van der Waals surface area (Å²) in [6, 6.07) is 0. The molecule has 1 aliphatic carbocycles. The fourth-order valence-corrected chi connectivity index (χ4v) is 4.82. The molecule has 4 N–H and O–H groups in total. The van der Waals surface area contributed by atoms with Crippen molar-refractivity contribution in [2.75, 3.05) is 6.61 Å². The number of aliphatic hydroxyl groups excluding tert-OH is 4. The van der Waals surface area contributed by atoms with E-state index in [2.05, 4.69) is 13.8 Å². The highest BCUT2D eigenvalue weighted by Gasteiger charge is 2.50. The second-order valence-corrected chi connectivity index (χ2v) is 8.46. The maximum atomic E-state index is 12.9. The summed E-state index contributed by atoms with van der Waals surface area (Å²) in [5.74, 6) is 0.391. The summed E-state index contributed by atoms with van der Waals surface area (Å²) < 4.78 is 5.70. The first kappa shape index (κ1) is 22.8. The van der Waals surface area contributed by atoms with Gasteiger partial charge in [0.15, 0.2) is 0 Å². The molecular formula is C21H38O6. The first-order valence-electron chi connectivity index (χ1n) is 10.8. The first-order chi connectivity index (χ1) is 12.9. The van der Waals surface area contributed by atoms with Crippen LogP contribution in [0.2, 0.25) is 0 Å². The Hall–Kier alpha value is -0.530. The Bertz CT molecular complexity index is 454. The number of unbranched alkanes of at least 4 members (excludes halogenated alkanes) is 3. The molecule has 1 saturated carbocycles. The Morgan fingerprint density at radius 1 is 0.926 bits per heavy atom. The minimum Gasteiger partial charge on any atom is -0.394 e. The SMILES string of the molecule is CCCCC[C@H]1CC(=O)[C@H](C2OC(CO)C(O)C(O)C2O)C[C@@H]1CCCC. The summed E-state index contributed by atoms with van der Waals surface area (Å²) in [7, 11) is 0. The van der Waals surface area contributed by atoms with Gasteiger partial charge in [0.1, 0.15) is 30.2 Å². The van der Waals surface area contributed by atoms with E-state index in [4.69, 9.17) is 4.74 Å². The van der Waals surface area contributed by atoms with Crippen molar-refractivity contribution in [1.29, 1.82) is 0 Å². The number of hydrogen-bond acceptors (Lipinski definition) is 6. The minimum atomic E-state index is -1.41. The number of carbonyl (C=O) groups excluding carboxylic acids is 1. The maximum Gasteiger partial charge on any atom is 0.138 e. The van der Waals surface area contributed by atoms with Crippen molar-refractivity contribution in [2.24, 2.45) is 17.8 Å². The number of ether oxygens (including phenoxy) is 1. The molecule has 158 valence electrons. The van der Waals surface area contributed by atoms with Crippen molar-refractivity contribution >= 4 is 5.78 Å². The van der Waals surface area contributed by atoms with E-state index in [-0.39, 0.29) is 5.78 Å². The number of rotatable bonds is 9. The molecule has 0 aromatic carbocycles. The molecule has 0 spiro atoms. The van der Waals surface area contributed by atoms with Crippen molar-refractivity contribution < 1.29 is 30.0 Å². The van der Waals surface area contributed by atoms with Crippen LogP contribution in [0, 0.1) is 17.8 Å². The minimum absolute atomic E-state index is 0.0774. The zero-order valence-corrected chi connectivity index (χ0v) is 16.8. The van der Waals surface area contributed by atoms with Crippen LogP contribution >= 0.6 is 0 Å². The highest BCUT2D eigenvalue weighted by atomic mass is 16.5. The monoisotopic (exact) mass is 386 g/mol. The third-order valence-electron chi connectivity index (χ3n) is 6.53. The van der Waals surface area contributed by atoms with Gasteiger partial charge in [0.25, 0.3) is 0 Å². The van der Waals surface area contributed by atoms with E-state index in [1.807, 2.05) is 0 Å². The molecule has 0 aromatic heterocycles.